The van der Waals surface area contributed by atoms with Crippen molar-refractivity contribution in [3.63, 3.8) is 0 Å². The van der Waals surface area contributed by atoms with Gasteiger partial charge in [-0.1, -0.05) is 13.8 Å². The molecule has 2 unspecified atom stereocenters. The van der Waals surface area contributed by atoms with Crippen LogP contribution in [0.2, 0.25) is 0 Å². The summed E-state index contributed by atoms with van der Waals surface area (Å²) in [6, 6.07) is 0. The topological polar surface area (TPSA) is 38.5 Å². The normalized spacial score (nSPS) is 41.7. The summed E-state index contributed by atoms with van der Waals surface area (Å²) in [4.78, 5) is 2.64. The smallest absolute Gasteiger partial charge is 0.0678 e. The zero-order valence-electron chi connectivity index (χ0n) is 13.2. The lowest BCUT2D eigenvalue weighted by molar-refractivity contribution is -0.111. The predicted molar refractivity (Wildman–Crippen MR) is 80.2 cm³/mol. The van der Waals surface area contributed by atoms with Crippen LogP contribution in [0.25, 0.3) is 0 Å². The Hall–Kier alpha value is -0.120. The van der Waals surface area contributed by atoms with E-state index in [4.69, 9.17) is 10.5 Å². The molecule has 0 amide bonds. The number of hydrogen-bond acceptors (Lipinski definition) is 3. The van der Waals surface area contributed by atoms with Gasteiger partial charge in [-0.2, -0.15) is 0 Å². The van der Waals surface area contributed by atoms with Crippen molar-refractivity contribution in [3.8, 4) is 0 Å². The summed E-state index contributed by atoms with van der Waals surface area (Å²) >= 11 is 0. The molecule has 0 aromatic heterocycles. The van der Waals surface area contributed by atoms with Crippen LogP contribution >= 0.6 is 0 Å². The van der Waals surface area contributed by atoms with Gasteiger partial charge in [-0.25, -0.2) is 0 Å². The van der Waals surface area contributed by atoms with Crippen molar-refractivity contribution in [2.75, 3.05) is 19.6 Å². The van der Waals surface area contributed by atoms with Gasteiger partial charge in [0.15, 0.2) is 0 Å². The standard InChI is InChI=1S/C16H32N2O/c1-12(2)15-5-7-16(11-17,8-6-15)18-9-13(3)19-14(4)10-18/h12-15H,5-11,17H2,1-4H3. The van der Waals surface area contributed by atoms with Crippen molar-refractivity contribution < 1.29 is 4.74 Å². The third-order valence-corrected chi connectivity index (χ3v) is 5.37. The van der Waals surface area contributed by atoms with Crippen LogP contribution in [0.15, 0.2) is 0 Å². The summed E-state index contributed by atoms with van der Waals surface area (Å²) in [6.07, 6.45) is 5.91. The number of nitrogens with zero attached hydrogens (tertiary/aromatic N) is 1. The molecule has 19 heavy (non-hydrogen) atoms. The fraction of sp³-hybridized carbons (Fsp3) is 1.00. The van der Waals surface area contributed by atoms with E-state index in [0.29, 0.717) is 12.2 Å². The Kier molecular flexibility index (Phi) is 4.91. The van der Waals surface area contributed by atoms with E-state index >= 15 is 0 Å². The minimum Gasteiger partial charge on any atom is -0.373 e. The minimum absolute atomic E-state index is 0.248. The summed E-state index contributed by atoms with van der Waals surface area (Å²) < 4.78 is 5.87. The molecule has 1 heterocycles. The van der Waals surface area contributed by atoms with E-state index in [-0.39, 0.29) is 5.54 Å². The maximum atomic E-state index is 6.20. The quantitative estimate of drug-likeness (QED) is 0.855. The lowest BCUT2D eigenvalue weighted by Crippen LogP contribution is -2.61. The van der Waals surface area contributed by atoms with Gasteiger partial charge in [-0.05, 0) is 51.4 Å². The van der Waals surface area contributed by atoms with E-state index in [1.54, 1.807) is 0 Å². The Morgan fingerprint density at radius 2 is 1.68 bits per heavy atom. The molecule has 0 radical (unpaired) electrons. The van der Waals surface area contributed by atoms with Crippen LogP contribution < -0.4 is 5.73 Å². The van der Waals surface area contributed by atoms with Crippen LogP contribution in [0.4, 0.5) is 0 Å². The van der Waals surface area contributed by atoms with Gasteiger partial charge in [0.05, 0.1) is 12.2 Å². The maximum absolute atomic E-state index is 6.20. The second-order valence-corrected chi connectivity index (χ2v) is 7.17. The average molecular weight is 268 g/mol. The van der Waals surface area contributed by atoms with Crippen LogP contribution in [0, 0.1) is 11.8 Å². The Labute approximate surface area is 118 Å². The van der Waals surface area contributed by atoms with Crippen LogP contribution in [0.3, 0.4) is 0 Å². The average Bonchev–Trinajstić information content (AvgIpc) is 2.37. The minimum atomic E-state index is 0.248. The molecule has 2 N–H and O–H groups in total. The fourth-order valence-electron chi connectivity index (χ4n) is 4.06. The molecule has 1 aliphatic carbocycles. The van der Waals surface area contributed by atoms with Gasteiger partial charge in [-0.3, -0.25) is 4.90 Å². The van der Waals surface area contributed by atoms with Crippen molar-refractivity contribution in [1.82, 2.24) is 4.90 Å². The zero-order chi connectivity index (χ0) is 14.0. The van der Waals surface area contributed by atoms with Gasteiger partial charge in [0.25, 0.3) is 0 Å². The summed E-state index contributed by atoms with van der Waals surface area (Å²) in [5, 5.41) is 0. The lowest BCUT2D eigenvalue weighted by Gasteiger charge is -2.51. The third-order valence-electron chi connectivity index (χ3n) is 5.37. The Balaban J connectivity index is 2.03. The first-order valence-electron chi connectivity index (χ1n) is 8.07. The molecule has 1 saturated carbocycles. The number of ether oxygens (including phenoxy) is 1. The first kappa shape index (κ1) is 15.3. The second kappa shape index (κ2) is 6.11. The molecule has 0 bridgehead atoms. The highest BCUT2D eigenvalue weighted by Gasteiger charge is 2.42. The molecule has 112 valence electrons. The molecule has 2 rings (SSSR count). The van der Waals surface area contributed by atoms with Crippen LogP contribution in [0.5, 0.6) is 0 Å². The van der Waals surface area contributed by atoms with E-state index < -0.39 is 0 Å². The van der Waals surface area contributed by atoms with Crippen LogP contribution in [-0.4, -0.2) is 42.3 Å². The first-order chi connectivity index (χ1) is 8.97. The highest BCUT2D eigenvalue weighted by molar-refractivity contribution is 4.98. The number of morpholine rings is 1. The zero-order valence-corrected chi connectivity index (χ0v) is 13.2. The Morgan fingerprint density at radius 3 is 2.11 bits per heavy atom. The van der Waals surface area contributed by atoms with E-state index in [2.05, 4.69) is 32.6 Å². The van der Waals surface area contributed by atoms with E-state index in [9.17, 15) is 0 Å². The largest absolute Gasteiger partial charge is 0.373 e. The monoisotopic (exact) mass is 268 g/mol. The molecule has 3 heteroatoms. The molecule has 1 aliphatic heterocycles. The van der Waals surface area contributed by atoms with Crippen LogP contribution in [-0.2, 0) is 4.74 Å². The van der Waals surface area contributed by atoms with Gasteiger partial charge in [0.2, 0.25) is 0 Å². The van der Waals surface area contributed by atoms with Gasteiger partial charge >= 0.3 is 0 Å². The van der Waals surface area contributed by atoms with E-state index in [1.807, 2.05) is 0 Å². The first-order valence-corrected chi connectivity index (χ1v) is 8.07. The van der Waals surface area contributed by atoms with Crippen molar-refractivity contribution >= 4 is 0 Å². The molecule has 3 nitrogen and oxygen atoms in total. The van der Waals surface area contributed by atoms with Crippen molar-refractivity contribution in [2.24, 2.45) is 17.6 Å². The van der Waals surface area contributed by atoms with Crippen molar-refractivity contribution in [3.05, 3.63) is 0 Å². The fourth-order valence-corrected chi connectivity index (χ4v) is 4.06. The molecule has 2 fully saturated rings. The molecule has 2 atom stereocenters. The highest BCUT2D eigenvalue weighted by atomic mass is 16.5. The number of nitrogens with two attached hydrogens (primary N) is 1. The Morgan fingerprint density at radius 1 is 1.16 bits per heavy atom. The van der Waals surface area contributed by atoms with Gasteiger partial charge in [-0.15, -0.1) is 0 Å². The lowest BCUT2D eigenvalue weighted by atomic mass is 9.71. The molecule has 1 saturated heterocycles. The molecule has 0 aromatic rings. The number of rotatable bonds is 3. The van der Waals surface area contributed by atoms with Gasteiger partial charge in [0, 0.05) is 25.2 Å². The molecule has 0 aromatic carbocycles. The third kappa shape index (κ3) is 3.32. The molecule has 2 aliphatic rings. The predicted octanol–water partition coefficient (Wildman–Crippen LogP) is 2.64. The summed E-state index contributed by atoms with van der Waals surface area (Å²) in [6.45, 7) is 12.0. The van der Waals surface area contributed by atoms with E-state index in [0.717, 1.165) is 31.5 Å². The van der Waals surface area contributed by atoms with Gasteiger partial charge in [0.1, 0.15) is 0 Å². The summed E-state index contributed by atoms with van der Waals surface area (Å²) in [7, 11) is 0. The van der Waals surface area contributed by atoms with Crippen molar-refractivity contribution in [1.29, 1.82) is 0 Å². The summed E-state index contributed by atoms with van der Waals surface area (Å²) in [5.74, 6) is 1.72. The Bertz CT molecular complexity index is 274. The molecular weight excluding hydrogens is 236 g/mol. The van der Waals surface area contributed by atoms with E-state index in [1.165, 1.54) is 25.7 Å². The number of hydrogen-bond donors (Lipinski definition) is 1. The maximum Gasteiger partial charge on any atom is 0.0678 e. The highest BCUT2D eigenvalue weighted by Crippen LogP contribution is 2.39. The molecular formula is C16H32N2O. The molecule has 0 spiro atoms. The van der Waals surface area contributed by atoms with Crippen molar-refractivity contribution in [2.45, 2.75) is 71.1 Å². The second-order valence-electron chi connectivity index (χ2n) is 7.17. The SMILES string of the molecule is CC1CN(C2(CN)CCC(C(C)C)CC2)CC(C)O1. The van der Waals surface area contributed by atoms with Crippen LogP contribution in [0.1, 0.15) is 53.4 Å². The summed E-state index contributed by atoms with van der Waals surface area (Å²) in [5.41, 5.74) is 6.45. The van der Waals surface area contributed by atoms with Gasteiger partial charge < -0.3 is 10.5 Å².